The highest BCUT2D eigenvalue weighted by molar-refractivity contribution is 6.33. The van der Waals surface area contributed by atoms with Gasteiger partial charge in [0.25, 0.3) is 5.91 Å². The smallest absolute Gasteiger partial charge is 0.258 e. The molecule has 0 radical (unpaired) electrons. The van der Waals surface area contributed by atoms with Gasteiger partial charge in [0.1, 0.15) is 5.15 Å². The summed E-state index contributed by atoms with van der Waals surface area (Å²) in [6, 6.07) is 7.39. The Labute approximate surface area is 113 Å². The molecule has 2 rings (SSSR count). The maximum Gasteiger partial charge on any atom is 0.258 e. The minimum atomic E-state index is -0.687. The van der Waals surface area contributed by atoms with Crippen LogP contribution in [0.1, 0.15) is 10.4 Å². The van der Waals surface area contributed by atoms with Gasteiger partial charge in [0.2, 0.25) is 0 Å². The van der Waals surface area contributed by atoms with Crippen molar-refractivity contribution in [3.63, 3.8) is 0 Å². The molecule has 18 heavy (non-hydrogen) atoms. The Balaban J connectivity index is 2.27. The number of carbonyl (C=O) groups is 1. The molecule has 0 aliphatic heterocycles. The summed E-state index contributed by atoms with van der Waals surface area (Å²) in [5.41, 5.74) is 0.158. The Bertz CT molecular complexity index is 604. The molecule has 0 fully saturated rings. The highest BCUT2D eigenvalue weighted by atomic mass is 35.5. The summed E-state index contributed by atoms with van der Waals surface area (Å²) in [4.78, 5) is 15.6. The predicted molar refractivity (Wildman–Crippen MR) is 68.6 cm³/mol. The molecule has 3 nitrogen and oxygen atoms in total. The van der Waals surface area contributed by atoms with Crippen LogP contribution in [0.25, 0.3) is 0 Å². The number of pyridine rings is 1. The van der Waals surface area contributed by atoms with Crippen molar-refractivity contribution >= 4 is 34.8 Å². The van der Waals surface area contributed by atoms with E-state index in [-0.39, 0.29) is 21.4 Å². The fraction of sp³-hybridized carbons (Fsp3) is 0. The van der Waals surface area contributed by atoms with E-state index in [2.05, 4.69) is 10.3 Å². The van der Waals surface area contributed by atoms with Crippen molar-refractivity contribution in [3.05, 3.63) is 58.1 Å². The summed E-state index contributed by atoms with van der Waals surface area (Å²) in [7, 11) is 0. The van der Waals surface area contributed by atoms with Crippen LogP contribution in [0, 0.1) is 5.82 Å². The monoisotopic (exact) mass is 284 g/mol. The van der Waals surface area contributed by atoms with E-state index < -0.39 is 11.7 Å². The summed E-state index contributed by atoms with van der Waals surface area (Å²) in [6.45, 7) is 0. The van der Waals surface area contributed by atoms with Crippen LogP contribution in [-0.2, 0) is 0 Å². The summed E-state index contributed by atoms with van der Waals surface area (Å²) in [6.07, 6.45) is 1.46. The van der Waals surface area contributed by atoms with Crippen LogP contribution in [0.5, 0.6) is 0 Å². The van der Waals surface area contributed by atoms with Crippen LogP contribution in [0.15, 0.2) is 36.5 Å². The summed E-state index contributed by atoms with van der Waals surface area (Å²) >= 11 is 11.4. The molecule has 2 aromatic rings. The van der Waals surface area contributed by atoms with E-state index in [4.69, 9.17) is 23.2 Å². The Morgan fingerprint density at radius 1 is 1.22 bits per heavy atom. The van der Waals surface area contributed by atoms with Gasteiger partial charge in [-0.15, -0.1) is 0 Å². The fourth-order valence-corrected chi connectivity index (χ4v) is 1.73. The van der Waals surface area contributed by atoms with Crippen LogP contribution in [-0.4, -0.2) is 10.9 Å². The first kappa shape index (κ1) is 12.8. The third-order valence-corrected chi connectivity index (χ3v) is 2.80. The molecule has 1 aromatic heterocycles. The molecule has 0 saturated heterocycles. The number of benzene rings is 1. The zero-order valence-electron chi connectivity index (χ0n) is 8.95. The summed E-state index contributed by atoms with van der Waals surface area (Å²) < 4.78 is 13.6. The Morgan fingerprint density at radius 2 is 2.00 bits per heavy atom. The van der Waals surface area contributed by atoms with Gasteiger partial charge in [-0.1, -0.05) is 29.3 Å². The van der Waals surface area contributed by atoms with E-state index in [0.29, 0.717) is 0 Å². The van der Waals surface area contributed by atoms with Crippen molar-refractivity contribution in [1.29, 1.82) is 0 Å². The zero-order chi connectivity index (χ0) is 13.1. The van der Waals surface area contributed by atoms with Gasteiger partial charge in [-0.2, -0.15) is 0 Å². The summed E-state index contributed by atoms with van der Waals surface area (Å²) in [5.74, 6) is -1.23. The van der Waals surface area contributed by atoms with Gasteiger partial charge in [0, 0.05) is 6.20 Å². The van der Waals surface area contributed by atoms with E-state index in [0.717, 1.165) is 0 Å². The van der Waals surface area contributed by atoms with Gasteiger partial charge in [-0.25, -0.2) is 9.37 Å². The van der Waals surface area contributed by atoms with E-state index in [1.165, 1.54) is 30.5 Å². The second-order valence-electron chi connectivity index (χ2n) is 3.40. The molecule has 0 aliphatic carbocycles. The number of nitrogens with zero attached hydrogens (tertiary/aromatic N) is 1. The number of rotatable bonds is 2. The quantitative estimate of drug-likeness (QED) is 0.853. The molecule has 6 heteroatoms. The lowest BCUT2D eigenvalue weighted by molar-refractivity contribution is 0.102. The average Bonchev–Trinajstić information content (AvgIpc) is 2.35. The maximum absolute atomic E-state index is 13.6. The van der Waals surface area contributed by atoms with E-state index >= 15 is 0 Å². The van der Waals surface area contributed by atoms with Crippen molar-refractivity contribution in [3.8, 4) is 0 Å². The topological polar surface area (TPSA) is 42.0 Å². The number of hydrogen-bond acceptors (Lipinski definition) is 2. The van der Waals surface area contributed by atoms with Crippen molar-refractivity contribution < 1.29 is 9.18 Å². The van der Waals surface area contributed by atoms with Gasteiger partial charge >= 0.3 is 0 Å². The minimum Gasteiger partial charge on any atom is -0.319 e. The molecule has 0 unspecified atom stereocenters. The Morgan fingerprint density at radius 3 is 2.72 bits per heavy atom. The van der Waals surface area contributed by atoms with Gasteiger partial charge in [-0.05, 0) is 24.3 Å². The lowest BCUT2D eigenvalue weighted by Gasteiger charge is -2.07. The third kappa shape index (κ3) is 2.60. The number of anilines is 1. The Kier molecular flexibility index (Phi) is 3.79. The molecule has 0 atom stereocenters. The van der Waals surface area contributed by atoms with Gasteiger partial charge in [-0.3, -0.25) is 4.79 Å². The van der Waals surface area contributed by atoms with Crippen LogP contribution in [0.2, 0.25) is 10.2 Å². The first-order valence-corrected chi connectivity index (χ1v) is 5.71. The van der Waals surface area contributed by atoms with Gasteiger partial charge < -0.3 is 5.32 Å². The lowest BCUT2D eigenvalue weighted by atomic mass is 10.2. The Hall–Kier alpha value is -1.65. The predicted octanol–water partition coefficient (Wildman–Crippen LogP) is 3.78. The molecule has 1 heterocycles. The molecule has 1 aromatic carbocycles. The fourth-order valence-electron chi connectivity index (χ4n) is 1.35. The van der Waals surface area contributed by atoms with E-state index in [1.807, 2.05) is 0 Å². The highest BCUT2D eigenvalue weighted by Gasteiger charge is 2.14. The minimum absolute atomic E-state index is 0.00702. The maximum atomic E-state index is 13.6. The van der Waals surface area contributed by atoms with Crippen molar-refractivity contribution in [1.82, 2.24) is 4.98 Å². The molecular weight excluding hydrogens is 278 g/mol. The first-order chi connectivity index (χ1) is 8.59. The third-order valence-electron chi connectivity index (χ3n) is 2.20. The van der Waals surface area contributed by atoms with Crippen LogP contribution < -0.4 is 5.32 Å². The lowest BCUT2D eigenvalue weighted by Crippen LogP contribution is -2.14. The highest BCUT2D eigenvalue weighted by Crippen LogP contribution is 2.23. The number of halogens is 3. The van der Waals surface area contributed by atoms with Crippen molar-refractivity contribution in [2.24, 2.45) is 0 Å². The molecule has 92 valence electrons. The van der Waals surface area contributed by atoms with E-state index in [1.54, 1.807) is 6.07 Å². The molecule has 0 aliphatic rings. The van der Waals surface area contributed by atoms with Crippen LogP contribution in [0.3, 0.4) is 0 Å². The molecular formula is C12H7Cl2FN2O. The van der Waals surface area contributed by atoms with Crippen molar-refractivity contribution in [2.75, 3.05) is 5.32 Å². The molecule has 1 amide bonds. The van der Waals surface area contributed by atoms with Gasteiger partial charge in [0.05, 0.1) is 16.3 Å². The SMILES string of the molecule is O=C(Nc1cccc(Cl)c1F)c1cccnc1Cl. The molecule has 0 bridgehead atoms. The average molecular weight is 285 g/mol. The number of carbonyl (C=O) groups excluding carboxylic acids is 1. The van der Waals surface area contributed by atoms with Crippen molar-refractivity contribution in [2.45, 2.75) is 0 Å². The number of nitrogens with one attached hydrogen (secondary N) is 1. The number of hydrogen-bond donors (Lipinski definition) is 1. The zero-order valence-corrected chi connectivity index (χ0v) is 10.5. The summed E-state index contributed by atoms with van der Waals surface area (Å²) in [5, 5.41) is 2.37. The van der Waals surface area contributed by atoms with Crippen LogP contribution in [0.4, 0.5) is 10.1 Å². The number of aromatic nitrogens is 1. The largest absolute Gasteiger partial charge is 0.319 e. The second-order valence-corrected chi connectivity index (χ2v) is 4.16. The van der Waals surface area contributed by atoms with Crippen LogP contribution >= 0.6 is 23.2 Å². The standard InChI is InChI=1S/C12H7Cl2FN2O/c13-8-4-1-5-9(10(8)15)17-12(18)7-3-2-6-16-11(7)14/h1-6H,(H,17,18). The number of amides is 1. The molecule has 0 saturated carbocycles. The van der Waals surface area contributed by atoms with Gasteiger partial charge in [0.15, 0.2) is 5.82 Å². The second kappa shape index (κ2) is 5.33. The first-order valence-electron chi connectivity index (χ1n) is 4.95. The molecule has 0 spiro atoms. The molecule has 1 N–H and O–H groups in total. The van der Waals surface area contributed by atoms with E-state index in [9.17, 15) is 9.18 Å². The normalized spacial score (nSPS) is 10.2.